The van der Waals surface area contributed by atoms with Gasteiger partial charge in [0, 0.05) is 25.2 Å². The fourth-order valence-electron chi connectivity index (χ4n) is 2.33. The van der Waals surface area contributed by atoms with Crippen molar-refractivity contribution >= 4 is 23.4 Å². The maximum atomic E-state index is 11.4. The van der Waals surface area contributed by atoms with Gasteiger partial charge in [-0.05, 0) is 36.5 Å². The third-order valence-corrected chi connectivity index (χ3v) is 3.70. The molecule has 7 nitrogen and oxygen atoms in total. The summed E-state index contributed by atoms with van der Waals surface area (Å²) in [7, 11) is 1.27. The van der Waals surface area contributed by atoms with E-state index in [1.165, 1.54) is 25.3 Å². The third kappa shape index (κ3) is 4.79. The topological polar surface area (TPSA) is 92.9 Å². The summed E-state index contributed by atoms with van der Waals surface area (Å²) in [5.74, 6) is 0.0208. The molecule has 2 rings (SSSR count). The molecule has 124 valence electrons. The van der Waals surface area contributed by atoms with E-state index in [2.05, 4.69) is 4.74 Å². The van der Waals surface area contributed by atoms with Crippen molar-refractivity contribution in [2.45, 2.75) is 12.8 Å². The van der Waals surface area contributed by atoms with E-state index in [4.69, 9.17) is 0 Å². The van der Waals surface area contributed by atoms with Crippen molar-refractivity contribution in [3.8, 4) is 0 Å². The van der Waals surface area contributed by atoms with E-state index in [1.54, 1.807) is 12.1 Å². The number of benzene rings is 1. The quantitative estimate of drug-likeness (QED) is 0.341. The molecule has 0 amide bonds. The first-order valence-electron chi connectivity index (χ1n) is 7.45. The summed E-state index contributed by atoms with van der Waals surface area (Å²) in [5, 5.41) is 20.6. The van der Waals surface area contributed by atoms with E-state index in [0.717, 1.165) is 12.8 Å². The molecule has 0 saturated heterocycles. The largest absolute Gasteiger partial charge is 0.466 e. The Morgan fingerprint density at radius 3 is 2.83 bits per heavy atom. The van der Waals surface area contributed by atoms with Crippen LogP contribution in [0.1, 0.15) is 18.4 Å². The van der Waals surface area contributed by atoms with Crippen molar-refractivity contribution < 1.29 is 19.6 Å². The van der Waals surface area contributed by atoms with Crippen LogP contribution in [-0.4, -0.2) is 42.8 Å². The molecule has 23 heavy (non-hydrogen) atoms. The number of hydrogen-bond donors (Lipinski definition) is 1. The van der Waals surface area contributed by atoms with Gasteiger partial charge in [0.25, 0.3) is 5.69 Å². The zero-order valence-corrected chi connectivity index (χ0v) is 13.0. The summed E-state index contributed by atoms with van der Waals surface area (Å²) in [5.41, 5.74) is 0.999. The van der Waals surface area contributed by atoms with Crippen LogP contribution in [0.15, 0.2) is 24.3 Å². The number of aliphatic hydroxyl groups is 1. The van der Waals surface area contributed by atoms with Crippen molar-refractivity contribution in [1.29, 1.82) is 0 Å². The molecule has 1 aromatic carbocycles. The van der Waals surface area contributed by atoms with E-state index in [9.17, 15) is 20.0 Å². The van der Waals surface area contributed by atoms with Crippen LogP contribution in [0.25, 0.3) is 6.08 Å². The normalized spacial score (nSPS) is 14.0. The molecule has 0 unspecified atom stereocenters. The monoisotopic (exact) mass is 320 g/mol. The second kappa shape index (κ2) is 7.73. The van der Waals surface area contributed by atoms with Gasteiger partial charge in [0.1, 0.15) is 5.69 Å². The van der Waals surface area contributed by atoms with E-state index in [-0.39, 0.29) is 12.3 Å². The summed E-state index contributed by atoms with van der Waals surface area (Å²) >= 11 is 0. The molecule has 7 heteroatoms. The SMILES string of the molecule is COC(=O)/C=C/c1ccc(N(CCO)CC2CC2)c([N+](=O)[O-])c1. The Hall–Kier alpha value is -2.41. The van der Waals surface area contributed by atoms with Gasteiger partial charge in [-0.25, -0.2) is 4.79 Å². The van der Waals surface area contributed by atoms with Gasteiger partial charge in [-0.1, -0.05) is 6.07 Å². The number of nitrogens with zero attached hydrogens (tertiary/aromatic N) is 2. The first kappa shape index (κ1) is 17.0. The Morgan fingerprint density at radius 1 is 1.52 bits per heavy atom. The van der Waals surface area contributed by atoms with Crippen LogP contribution in [0, 0.1) is 16.0 Å². The zero-order valence-electron chi connectivity index (χ0n) is 13.0. The number of rotatable bonds is 8. The van der Waals surface area contributed by atoms with Gasteiger partial charge in [-0.3, -0.25) is 10.1 Å². The highest BCUT2D eigenvalue weighted by Gasteiger charge is 2.27. The average Bonchev–Trinajstić information content (AvgIpc) is 3.36. The molecule has 0 heterocycles. The zero-order chi connectivity index (χ0) is 16.8. The van der Waals surface area contributed by atoms with Crippen molar-refractivity contribution in [3.05, 3.63) is 40.0 Å². The van der Waals surface area contributed by atoms with Crippen molar-refractivity contribution in [2.75, 3.05) is 31.7 Å². The fourth-order valence-corrected chi connectivity index (χ4v) is 2.33. The van der Waals surface area contributed by atoms with E-state index < -0.39 is 10.9 Å². The highest BCUT2D eigenvalue weighted by atomic mass is 16.6. The van der Waals surface area contributed by atoms with Gasteiger partial charge in [-0.2, -0.15) is 0 Å². The summed E-state index contributed by atoms with van der Waals surface area (Å²) in [4.78, 5) is 23.9. The molecule has 0 aliphatic heterocycles. The van der Waals surface area contributed by atoms with Gasteiger partial charge >= 0.3 is 5.97 Å². The fraction of sp³-hybridized carbons (Fsp3) is 0.438. The number of carbonyl (C=O) groups is 1. The lowest BCUT2D eigenvalue weighted by Crippen LogP contribution is -2.29. The van der Waals surface area contributed by atoms with Gasteiger partial charge in [0.05, 0.1) is 18.6 Å². The lowest BCUT2D eigenvalue weighted by Gasteiger charge is -2.23. The molecule has 1 aromatic rings. The number of nitro groups is 1. The number of hydrogen-bond acceptors (Lipinski definition) is 6. The predicted molar refractivity (Wildman–Crippen MR) is 86.2 cm³/mol. The molecule has 0 radical (unpaired) electrons. The Kier molecular flexibility index (Phi) is 5.70. The summed E-state index contributed by atoms with van der Waals surface area (Å²) in [6.45, 7) is 1.00. The third-order valence-electron chi connectivity index (χ3n) is 3.70. The maximum Gasteiger partial charge on any atom is 0.330 e. The van der Waals surface area contributed by atoms with Crippen LogP contribution in [0.5, 0.6) is 0 Å². The lowest BCUT2D eigenvalue weighted by atomic mass is 10.1. The molecular formula is C16H20N2O5. The lowest BCUT2D eigenvalue weighted by molar-refractivity contribution is -0.384. The van der Waals surface area contributed by atoms with Gasteiger partial charge < -0.3 is 14.7 Å². The molecule has 0 spiro atoms. The molecule has 0 bridgehead atoms. The molecule has 1 N–H and O–H groups in total. The average molecular weight is 320 g/mol. The maximum absolute atomic E-state index is 11.4. The number of aliphatic hydroxyl groups excluding tert-OH is 1. The van der Waals surface area contributed by atoms with Crippen molar-refractivity contribution in [1.82, 2.24) is 0 Å². The van der Waals surface area contributed by atoms with Crippen LogP contribution in [-0.2, 0) is 9.53 Å². The molecule has 1 saturated carbocycles. The highest BCUT2D eigenvalue weighted by Crippen LogP contribution is 2.35. The van der Waals surface area contributed by atoms with Crippen LogP contribution < -0.4 is 4.90 Å². The van der Waals surface area contributed by atoms with Crippen LogP contribution in [0.3, 0.4) is 0 Å². The van der Waals surface area contributed by atoms with Gasteiger partial charge in [0.2, 0.25) is 0 Å². The molecule has 1 aliphatic rings. The number of carbonyl (C=O) groups excluding carboxylic acids is 1. The van der Waals surface area contributed by atoms with E-state index in [1.807, 2.05) is 4.90 Å². The van der Waals surface area contributed by atoms with Crippen molar-refractivity contribution in [3.63, 3.8) is 0 Å². The Bertz CT molecular complexity index is 610. The highest BCUT2D eigenvalue weighted by molar-refractivity contribution is 5.87. The molecule has 1 fully saturated rings. The molecule has 0 atom stereocenters. The number of nitro benzene ring substituents is 1. The Morgan fingerprint density at radius 2 is 2.26 bits per heavy atom. The van der Waals surface area contributed by atoms with E-state index in [0.29, 0.717) is 30.3 Å². The van der Waals surface area contributed by atoms with Gasteiger partial charge in [-0.15, -0.1) is 0 Å². The van der Waals surface area contributed by atoms with Crippen molar-refractivity contribution in [2.24, 2.45) is 5.92 Å². The van der Waals surface area contributed by atoms with Crippen LogP contribution in [0.4, 0.5) is 11.4 Å². The molecule has 0 aromatic heterocycles. The Labute approximate surface area is 134 Å². The Balaban J connectivity index is 2.28. The van der Waals surface area contributed by atoms with Crippen LogP contribution in [0.2, 0.25) is 0 Å². The molecule has 1 aliphatic carbocycles. The second-order valence-corrected chi connectivity index (χ2v) is 5.47. The number of methoxy groups -OCH3 is 1. The van der Waals surface area contributed by atoms with Crippen LogP contribution >= 0.6 is 0 Å². The smallest absolute Gasteiger partial charge is 0.330 e. The minimum absolute atomic E-state index is 0.0360. The second-order valence-electron chi connectivity index (χ2n) is 5.47. The minimum Gasteiger partial charge on any atom is -0.466 e. The number of esters is 1. The first-order valence-corrected chi connectivity index (χ1v) is 7.45. The number of anilines is 1. The predicted octanol–water partition coefficient (Wildman–Crippen LogP) is 1.99. The standard InChI is InChI=1S/C16H20N2O5/c1-23-16(20)7-5-12-4-6-14(15(10-12)18(21)22)17(8-9-19)11-13-2-3-13/h4-7,10,13,19H,2-3,8-9,11H2,1H3/b7-5+. The number of ether oxygens (including phenoxy) is 1. The summed E-state index contributed by atoms with van der Waals surface area (Å²) in [6.07, 6.45) is 4.93. The molecular weight excluding hydrogens is 300 g/mol. The minimum atomic E-state index is -0.521. The summed E-state index contributed by atoms with van der Waals surface area (Å²) in [6, 6.07) is 4.79. The first-order chi connectivity index (χ1) is 11.0. The summed E-state index contributed by atoms with van der Waals surface area (Å²) < 4.78 is 4.50. The van der Waals surface area contributed by atoms with E-state index >= 15 is 0 Å². The van der Waals surface area contributed by atoms with Gasteiger partial charge in [0.15, 0.2) is 0 Å².